The Morgan fingerprint density at radius 1 is 0.944 bits per heavy atom. The first-order valence-electron chi connectivity index (χ1n) is 6.00. The second-order valence-electron chi connectivity index (χ2n) is 4.32. The average Bonchev–Trinajstić information content (AvgIpc) is 2.81. The smallest absolute Gasteiger partial charge is 0.0941 e. The second-order valence-corrected chi connectivity index (χ2v) is 5.43. The van der Waals surface area contributed by atoms with Crippen LogP contribution >= 0.6 is 11.3 Å². The highest BCUT2D eigenvalue weighted by atomic mass is 32.1. The molecule has 0 fully saturated rings. The van der Waals surface area contributed by atoms with E-state index in [-0.39, 0.29) is 0 Å². The maximum atomic E-state index is 5.67. The number of fused-ring (bicyclic) bond motifs is 1. The number of hydrogen-bond acceptors (Lipinski definition) is 3. The first-order valence-corrected chi connectivity index (χ1v) is 6.82. The Kier molecular flexibility index (Phi) is 2.99. The van der Waals surface area contributed by atoms with E-state index >= 15 is 0 Å². The van der Waals surface area contributed by atoms with Crippen molar-refractivity contribution in [2.45, 2.75) is 12.8 Å². The van der Waals surface area contributed by atoms with Crippen molar-refractivity contribution >= 4 is 27.2 Å². The lowest BCUT2D eigenvalue weighted by molar-refractivity contribution is 0.949. The van der Waals surface area contributed by atoms with E-state index in [0.717, 1.165) is 24.0 Å². The normalized spacial score (nSPS) is 10.9. The first kappa shape index (κ1) is 11.2. The van der Waals surface area contributed by atoms with E-state index in [2.05, 4.69) is 35.3 Å². The molecule has 0 amide bonds. The van der Waals surface area contributed by atoms with E-state index in [0.29, 0.717) is 0 Å². The number of nitrogens with zero attached hydrogens (tertiary/aromatic N) is 1. The first-order chi connectivity index (χ1) is 8.81. The molecule has 0 aliphatic rings. The van der Waals surface area contributed by atoms with Crippen LogP contribution in [0.3, 0.4) is 0 Å². The molecule has 3 aromatic rings. The Labute approximate surface area is 110 Å². The van der Waals surface area contributed by atoms with Crippen LogP contribution in [-0.4, -0.2) is 4.98 Å². The van der Waals surface area contributed by atoms with Gasteiger partial charge >= 0.3 is 0 Å². The molecule has 0 aliphatic heterocycles. The summed E-state index contributed by atoms with van der Waals surface area (Å²) in [5, 5.41) is 1.20. The molecule has 1 heterocycles. The van der Waals surface area contributed by atoms with E-state index in [4.69, 9.17) is 5.73 Å². The third-order valence-electron chi connectivity index (χ3n) is 2.95. The number of nitrogen functional groups attached to an aromatic ring is 1. The summed E-state index contributed by atoms with van der Waals surface area (Å²) in [6.45, 7) is 0. The number of rotatable bonds is 3. The molecule has 0 bridgehead atoms. The molecular weight excluding hydrogens is 240 g/mol. The van der Waals surface area contributed by atoms with Gasteiger partial charge in [0.25, 0.3) is 0 Å². The minimum atomic E-state index is 0.818. The number of aryl methyl sites for hydroxylation is 2. The highest BCUT2D eigenvalue weighted by Gasteiger charge is 2.03. The lowest BCUT2D eigenvalue weighted by Crippen LogP contribution is -1.91. The summed E-state index contributed by atoms with van der Waals surface area (Å²) in [5.74, 6) is 0. The van der Waals surface area contributed by atoms with Gasteiger partial charge in [0.1, 0.15) is 0 Å². The minimum Gasteiger partial charge on any atom is -0.399 e. The van der Waals surface area contributed by atoms with E-state index in [1.807, 2.05) is 18.2 Å². The summed E-state index contributed by atoms with van der Waals surface area (Å²) in [7, 11) is 0. The molecule has 0 unspecified atom stereocenters. The molecule has 2 nitrogen and oxygen atoms in total. The minimum absolute atomic E-state index is 0.818. The number of anilines is 1. The van der Waals surface area contributed by atoms with Gasteiger partial charge in [-0.1, -0.05) is 24.3 Å². The number of aromatic nitrogens is 1. The van der Waals surface area contributed by atoms with Gasteiger partial charge < -0.3 is 5.73 Å². The Balaban J connectivity index is 1.74. The maximum Gasteiger partial charge on any atom is 0.0941 e. The molecule has 3 heteroatoms. The largest absolute Gasteiger partial charge is 0.399 e. The van der Waals surface area contributed by atoms with Crippen molar-refractivity contribution in [3.63, 3.8) is 0 Å². The summed E-state index contributed by atoms with van der Waals surface area (Å²) in [4.78, 5) is 4.64. The van der Waals surface area contributed by atoms with Crippen molar-refractivity contribution < 1.29 is 0 Å². The van der Waals surface area contributed by atoms with Crippen molar-refractivity contribution in [2.75, 3.05) is 5.73 Å². The van der Waals surface area contributed by atoms with Crippen LogP contribution in [0.2, 0.25) is 0 Å². The molecule has 0 saturated carbocycles. The molecule has 0 radical (unpaired) electrons. The molecule has 2 N–H and O–H groups in total. The monoisotopic (exact) mass is 254 g/mol. The van der Waals surface area contributed by atoms with Gasteiger partial charge in [-0.3, -0.25) is 0 Å². The van der Waals surface area contributed by atoms with Crippen LogP contribution in [0.15, 0.2) is 48.5 Å². The van der Waals surface area contributed by atoms with Crippen molar-refractivity contribution in [3.05, 3.63) is 59.1 Å². The molecule has 0 spiro atoms. The molecule has 18 heavy (non-hydrogen) atoms. The number of nitrogens with two attached hydrogens (primary N) is 1. The Morgan fingerprint density at radius 3 is 2.50 bits per heavy atom. The molecule has 3 rings (SSSR count). The summed E-state index contributed by atoms with van der Waals surface area (Å²) in [6.07, 6.45) is 2.00. The zero-order valence-electron chi connectivity index (χ0n) is 9.97. The van der Waals surface area contributed by atoms with Crippen molar-refractivity contribution in [3.8, 4) is 0 Å². The van der Waals surface area contributed by atoms with Gasteiger partial charge in [0.05, 0.1) is 15.2 Å². The number of benzene rings is 2. The van der Waals surface area contributed by atoms with E-state index in [9.17, 15) is 0 Å². The highest BCUT2D eigenvalue weighted by Crippen LogP contribution is 2.22. The predicted molar refractivity (Wildman–Crippen MR) is 77.9 cm³/mol. The lowest BCUT2D eigenvalue weighted by Gasteiger charge is -1.99. The molecule has 0 aliphatic carbocycles. The fourth-order valence-electron chi connectivity index (χ4n) is 1.96. The third-order valence-corrected chi connectivity index (χ3v) is 4.04. The van der Waals surface area contributed by atoms with Gasteiger partial charge in [0.2, 0.25) is 0 Å². The Hall–Kier alpha value is -1.87. The van der Waals surface area contributed by atoms with Crippen LogP contribution in [0.1, 0.15) is 10.6 Å². The van der Waals surface area contributed by atoms with Gasteiger partial charge in [-0.25, -0.2) is 4.98 Å². The van der Waals surface area contributed by atoms with Crippen molar-refractivity contribution in [1.29, 1.82) is 0 Å². The number of thiazole rings is 1. The van der Waals surface area contributed by atoms with E-state index < -0.39 is 0 Å². The van der Waals surface area contributed by atoms with Crippen LogP contribution in [0.25, 0.3) is 10.2 Å². The van der Waals surface area contributed by atoms with Crippen LogP contribution in [0.4, 0.5) is 5.69 Å². The Morgan fingerprint density at radius 2 is 1.72 bits per heavy atom. The molecule has 1 aromatic heterocycles. The molecule has 2 aromatic carbocycles. The van der Waals surface area contributed by atoms with Crippen LogP contribution < -0.4 is 5.73 Å². The fourth-order valence-corrected chi connectivity index (χ4v) is 2.93. The molecule has 90 valence electrons. The van der Waals surface area contributed by atoms with Crippen molar-refractivity contribution in [2.24, 2.45) is 0 Å². The van der Waals surface area contributed by atoms with Crippen LogP contribution in [0, 0.1) is 0 Å². The summed E-state index contributed by atoms with van der Waals surface area (Å²) in [5.41, 5.74) is 8.91. The van der Waals surface area contributed by atoms with Crippen LogP contribution in [-0.2, 0) is 12.8 Å². The quantitative estimate of drug-likeness (QED) is 0.724. The molecule has 0 atom stereocenters. The average molecular weight is 254 g/mol. The van der Waals surface area contributed by atoms with E-state index in [1.54, 1.807) is 11.3 Å². The standard InChI is InChI=1S/C15H14N2S/c16-12-8-5-11(6-9-12)7-10-15-17-13-3-1-2-4-14(13)18-15/h1-6,8-9H,7,10,16H2. The zero-order valence-corrected chi connectivity index (χ0v) is 10.8. The third kappa shape index (κ3) is 2.36. The van der Waals surface area contributed by atoms with Gasteiger partial charge in [0.15, 0.2) is 0 Å². The van der Waals surface area contributed by atoms with Gasteiger partial charge in [-0.05, 0) is 36.2 Å². The number of para-hydroxylation sites is 1. The highest BCUT2D eigenvalue weighted by molar-refractivity contribution is 7.18. The summed E-state index contributed by atoms with van der Waals surface area (Å²) < 4.78 is 1.27. The SMILES string of the molecule is Nc1ccc(CCc2nc3ccccc3s2)cc1. The van der Waals surface area contributed by atoms with Gasteiger partial charge in [-0.15, -0.1) is 11.3 Å². The lowest BCUT2D eigenvalue weighted by atomic mass is 10.1. The van der Waals surface area contributed by atoms with Crippen LogP contribution in [0.5, 0.6) is 0 Å². The van der Waals surface area contributed by atoms with Gasteiger partial charge in [0, 0.05) is 12.1 Å². The second kappa shape index (κ2) is 4.78. The topological polar surface area (TPSA) is 38.9 Å². The Bertz CT molecular complexity index is 623. The zero-order chi connectivity index (χ0) is 12.4. The predicted octanol–water partition coefficient (Wildman–Crippen LogP) is 3.66. The molecule has 0 saturated heterocycles. The van der Waals surface area contributed by atoms with Crippen molar-refractivity contribution in [1.82, 2.24) is 4.98 Å². The fraction of sp³-hybridized carbons (Fsp3) is 0.133. The summed E-state index contributed by atoms with van der Waals surface area (Å²) >= 11 is 1.78. The maximum absolute atomic E-state index is 5.67. The van der Waals surface area contributed by atoms with E-state index in [1.165, 1.54) is 15.3 Å². The van der Waals surface area contributed by atoms with Gasteiger partial charge in [-0.2, -0.15) is 0 Å². The number of hydrogen-bond donors (Lipinski definition) is 1. The summed E-state index contributed by atoms with van der Waals surface area (Å²) in [6, 6.07) is 16.4. The molecular formula is C15H14N2S.